The summed E-state index contributed by atoms with van der Waals surface area (Å²) in [4.78, 5) is 79.0. The summed E-state index contributed by atoms with van der Waals surface area (Å²) in [7, 11) is -3.50. The van der Waals surface area contributed by atoms with Gasteiger partial charge in [-0.1, -0.05) is 32.9 Å². The molecule has 3 aromatic carbocycles. The molecule has 1 aliphatic rings. The molecule has 4 amide bonds. The number of nitrogen functional groups attached to an aromatic ring is 1. The number of nitrogens with one attached hydrogen (secondary N) is 4. The fourth-order valence-electron chi connectivity index (χ4n) is 7.45. The van der Waals surface area contributed by atoms with Crippen molar-refractivity contribution in [2.75, 3.05) is 45.6 Å². The maximum Gasteiger partial charge on any atom is 0.326 e. The molecule has 16 N–H and O–H groups in total. The fraction of sp³-hybridized carbons (Fsp3) is 0.413. The quantitative estimate of drug-likeness (QED) is 0.0601. The molecule has 6 atom stereocenters. The minimum atomic E-state index is -4.58. The summed E-state index contributed by atoms with van der Waals surface area (Å²) in [6.45, 7) is 5.99. The lowest BCUT2D eigenvalue weighted by molar-refractivity contribution is -0.143. The molecule has 0 saturated carbocycles. The molecule has 72 heavy (non-hydrogen) atoms. The lowest BCUT2D eigenvalue weighted by Crippen LogP contribution is -2.57. The van der Waals surface area contributed by atoms with Crippen LogP contribution in [0.2, 0.25) is 0 Å². The highest BCUT2D eigenvalue weighted by Gasteiger charge is 2.38. The molecule has 26 heteroatoms. The van der Waals surface area contributed by atoms with Crippen molar-refractivity contribution in [2.45, 2.75) is 82.8 Å². The monoisotopic (exact) mass is 1030 g/mol. The first-order valence-electron chi connectivity index (χ1n) is 22.3. The van der Waals surface area contributed by atoms with Gasteiger partial charge in [0.15, 0.2) is 17.3 Å². The number of fused-ring (bicyclic) bond motifs is 5. The van der Waals surface area contributed by atoms with Gasteiger partial charge in [0.25, 0.3) is 16.1 Å². The number of hydrogen-bond donors (Lipinski definition) is 12. The normalized spacial score (nSPS) is 17.6. The number of aromatic nitrogens is 2. The van der Waals surface area contributed by atoms with Crippen molar-refractivity contribution in [1.29, 1.82) is 0 Å². The second-order valence-corrected chi connectivity index (χ2v) is 19.5. The second kappa shape index (κ2) is 23.0. The predicted molar refractivity (Wildman–Crippen MR) is 259 cm³/mol. The van der Waals surface area contributed by atoms with Crippen LogP contribution >= 0.6 is 0 Å². The van der Waals surface area contributed by atoms with E-state index in [1.165, 1.54) is 50.2 Å². The Balaban J connectivity index is 1.67. The Morgan fingerprint density at radius 3 is 2.14 bits per heavy atom. The van der Waals surface area contributed by atoms with E-state index in [0.717, 1.165) is 18.0 Å². The van der Waals surface area contributed by atoms with Crippen LogP contribution in [0, 0.1) is 12.7 Å². The molecule has 4 aromatic rings. The van der Waals surface area contributed by atoms with Crippen LogP contribution in [0.25, 0.3) is 22.5 Å². The van der Waals surface area contributed by atoms with Gasteiger partial charge in [0.05, 0.1) is 11.3 Å². The van der Waals surface area contributed by atoms with Crippen molar-refractivity contribution in [3.8, 4) is 39.8 Å². The zero-order chi connectivity index (χ0) is 53.6. The van der Waals surface area contributed by atoms with Crippen LogP contribution < -0.4 is 52.5 Å². The Morgan fingerprint density at radius 2 is 1.57 bits per heavy atom. The molecule has 0 aliphatic carbocycles. The number of phenols is 1. The Morgan fingerprint density at radius 1 is 0.931 bits per heavy atom. The number of rotatable bonds is 17. The number of likely N-dealkylation sites (N-methyl/N-ethyl adjacent to an activating group) is 1. The third kappa shape index (κ3) is 13.7. The van der Waals surface area contributed by atoms with E-state index in [1.54, 1.807) is 6.07 Å². The van der Waals surface area contributed by atoms with E-state index < -0.39 is 118 Å². The molecule has 0 unspecified atom stereocenters. The highest BCUT2D eigenvalue weighted by atomic mass is 32.2. The molecule has 0 saturated heterocycles. The highest BCUT2D eigenvalue weighted by molar-refractivity contribution is 7.87. The molecule has 0 fully saturated rings. The molecule has 4 bridgehead atoms. The minimum absolute atomic E-state index is 0.0132. The summed E-state index contributed by atoms with van der Waals surface area (Å²) in [5.41, 5.74) is 17.3. The summed E-state index contributed by atoms with van der Waals surface area (Å²) in [5.74, 6) is -8.15. The zero-order valence-electron chi connectivity index (χ0n) is 40.2. The lowest BCUT2D eigenvalue weighted by atomic mass is 9.86. The van der Waals surface area contributed by atoms with Gasteiger partial charge in [-0.05, 0) is 72.4 Å². The number of carbonyl (C=O) groups excluding carboxylic acids is 4. The van der Waals surface area contributed by atoms with Crippen LogP contribution in [-0.2, 0) is 41.2 Å². The first-order chi connectivity index (χ1) is 33.6. The van der Waals surface area contributed by atoms with Gasteiger partial charge in [-0.15, -0.1) is 0 Å². The lowest BCUT2D eigenvalue weighted by Gasteiger charge is -2.33. The van der Waals surface area contributed by atoms with E-state index in [4.69, 9.17) is 31.8 Å². The maximum absolute atomic E-state index is 15.4. The molecule has 5 rings (SSSR count). The largest absolute Gasteiger partial charge is 0.504 e. The number of ether oxygens (including phenoxy) is 2. The number of aromatic hydroxyl groups is 1. The maximum atomic E-state index is 15.4. The molecule has 24 nitrogen and oxygen atoms in total. The number of carboxylic acids is 1. The average Bonchev–Trinajstić information content (AvgIpc) is 3.30. The predicted octanol–water partition coefficient (Wildman–Crippen LogP) is -1.04. The number of carbonyl (C=O) groups is 5. The molecule has 1 aliphatic heterocycles. The number of phenolic OH excluding ortho intramolecular Hbond substituents is 1. The van der Waals surface area contributed by atoms with Gasteiger partial charge in [-0.25, -0.2) is 24.3 Å². The number of benzene rings is 3. The average molecular weight is 1030 g/mol. The number of hydrogen-bond acceptors (Lipinski definition) is 17. The third-order valence-corrected chi connectivity index (χ3v) is 12.0. The Labute approximate surface area is 413 Å². The summed E-state index contributed by atoms with van der Waals surface area (Å²) in [6.07, 6.45) is -2.77. The molecule has 0 radical (unpaired) electrons. The van der Waals surface area contributed by atoms with E-state index in [0.29, 0.717) is 5.56 Å². The van der Waals surface area contributed by atoms with Crippen LogP contribution in [-0.4, -0.2) is 144 Å². The summed E-state index contributed by atoms with van der Waals surface area (Å²) >= 11 is 0. The Bertz CT molecular complexity index is 2810. The molecular weight excluding hydrogens is 966 g/mol. The number of halogens is 1. The van der Waals surface area contributed by atoms with Crippen LogP contribution in [0.4, 0.5) is 10.2 Å². The SMILES string of the molecule is Cc1nc(-c2ccc(C(C)(C)C)cc2F)nc(N)c1C(=O)N[C@@H](CNS(N)(=O)=O)C(=O)N(C)[C@@H]1C(=O)N[C@@H](C)C(=O)N[C@H](C(=O)O)Cc2ccc(OC[C@H](O)CN)c(c2)-c2cc1cc(OC[C@H](O)CN)c2O. The molecule has 2 heterocycles. The second-order valence-electron chi connectivity index (χ2n) is 18.1. The number of aliphatic carboxylic acids is 1. The number of aliphatic hydroxyl groups is 2. The number of nitrogens with zero attached hydrogens (tertiary/aromatic N) is 3. The van der Waals surface area contributed by atoms with Crippen LogP contribution in [0.15, 0.2) is 48.5 Å². The van der Waals surface area contributed by atoms with Crippen LogP contribution in [0.5, 0.6) is 17.2 Å². The van der Waals surface area contributed by atoms with Gasteiger partial charge in [0.2, 0.25) is 17.7 Å². The number of carboxylic acid groups (broad SMARTS) is 1. The van der Waals surface area contributed by atoms with Gasteiger partial charge < -0.3 is 68.0 Å². The molecule has 0 spiro atoms. The first-order valence-corrected chi connectivity index (χ1v) is 23.8. The van der Waals surface area contributed by atoms with Crippen molar-refractivity contribution in [3.05, 3.63) is 82.3 Å². The number of aliphatic hydroxyl groups excluding tert-OH is 2. The summed E-state index contributed by atoms with van der Waals surface area (Å²) in [5, 5.41) is 55.2. The third-order valence-electron chi connectivity index (χ3n) is 11.5. The Hall–Kier alpha value is -7.07. The first kappa shape index (κ1) is 55.9. The van der Waals surface area contributed by atoms with Gasteiger partial charge in [0.1, 0.15) is 72.5 Å². The van der Waals surface area contributed by atoms with Crippen molar-refractivity contribution >= 4 is 45.6 Å². The highest BCUT2D eigenvalue weighted by Crippen LogP contribution is 2.45. The zero-order valence-corrected chi connectivity index (χ0v) is 41.0. The number of anilines is 1. The van der Waals surface area contributed by atoms with Gasteiger partial charge >= 0.3 is 5.97 Å². The molecule has 390 valence electrons. The standard InChI is InChI=1S/C46H60FN11O13S/c1-21-36(39(50)57-40(53-21)28-9-8-25(15-31(28)47)46(3,4)5)42(63)56-33(18-52-72(51,68)69)44(65)58(6)37-24-13-30(38(61)35(14-24)71-20-27(60)17-49)29-11-23(7-10-34(29)70-19-26(59)16-48)12-32(45(66)67)55-41(62)22(2)54-43(37)64/h7-11,13-15,22,26-27,32-33,37,52,59-61H,12,16-20,48-49H2,1-6H3,(H,54,64)(H,55,62)(H,56,63)(H,66,67)(H2,50,53,57)(H2,51,68,69)/t22-,26+,27+,32-,33-,37-/m0/s1. The molecular formula is C46H60FN11O13S. The van der Waals surface area contributed by atoms with Gasteiger partial charge in [-0.3, -0.25) is 19.2 Å². The summed E-state index contributed by atoms with van der Waals surface area (Å²) < 4.78 is 53.6. The number of amides is 4. The number of nitrogens with two attached hydrogens (primary N) is 4. The topological polar surface area (TPSA) is 400 Å². The van der Waals surface area contributed by atoms with E-state index >= 15 is 4.39 Å². The molecule has 1 aromatic heterocycles. The minimum Gasteiger partial charge on any atom is -0.504 e. The summed E-state index contributed by atoms with van der Waals surface area (Å²) in [6, 6.07) is 4.23. The van der Waals surface area contributed by atoms with Crippen LogP contribution in [0.3, 0.4) is 0 Å². The number of aryl methyl sites for hydroxylation is 1. The van der Waals surface area contributed by atoms with Crippen LogP contribution in [0.1, 0.15) is 66.5 Å². The van der Waals surface area contributed by atoms with Crippen molar-refractivity contribution < 1.29 is 66.7 Å². The Kier molecular flexibility index (Phi) is 17.8. The van der Waals surface area contributed by atoms with Gasteiger partial charge in [0, 0.05) is 44.2 Å². The van der Waals surface area contributed by atoms with Gasteiger partial charge in [-0.2, -0.15) is 13.1 Å². The van der Waals surface area contributed by atoms with E-state index in [2.05, 4.69) is 25.9 Å². The van der Waals surface area contributed by atoms with E-state index in [1.807, 2.05) is 25.5 Å². The van der Waals surface area contributed by atoms with E-state index in [9.17, 15) is 52.8 Å². The van der Waals surface area contributed by atoms with Crippen molar-refractivity contribution in [1.82, 2.24) is 35.5 Å². The van der Waals surface area contributed by atoms with Crippen molar-refractivity contribution in [3.63, 3.8) is 0 Å². The van der Waals surface area contributed by atoms with Crippen molar-refractivity contribution in [2.24, 2.45) is 16.6 Å². The smallest absolute Gasteiger partial charge is 0.326 e. The van der Waals surface area contributed by atoms with E-state index in [-0.39, 0.29) is 76.8 Å². The fourth-order valence-corrected chi connectivity index (χ4v) is 7.85.